The van der Waals surface area contributed by atoms with Crippen molar-refractivity contribution in [1.82, 2.24) is 20.0 Å². The summed E-state index contributed by atoms with van der Waals surface area (Å²) in [5, 5.41) is 7.91. The van der Waals surface area contributed by atoms with Gasteiger partial charge in [-0.05, 0) is 26.7 Å². The van der Waals surface area contributed by atoms with Crippen LogP contribution in [-0.4, -0.2) is 45.6 Å². The van der Waals surface area contributed by atoms with Crippen LogP contribution in [0.25, 0.3) is 0 Å². The minimum Gasteiger partial charge on any atom is -0.354 e. The van der Waals surface area contributed by atoms with Crippen LogP contribution < -0.4 is 5.32 Å². The molecule has 120 valence electrons. The number of carbonyl (C=O) groups is 2. The summed E-state index contributed by atoms with van der Waals surface area (Å²) in [6.07, 6.45) is 2.51. The fourth-order valence-electron chi connectivity index (χ4n) is 2.97. The molecule has 1 saturated heterocycles. The monoisotopic (exact) mass is 324 g/mol. The molecule has 7 heteroatoms. The summed E-state index contributed by atoms with van der Waals surface area (Å²) in [5.41, 5.74) is 1.70. The van der Waals surface area contributed by atoms with E-state index in [1.54, 1.807) is 4.68 Å². The second-order valence-corrected chi connectivity index (χ2v) is 6.56. The number of hydrogen-bond donors (Lipinski definition) is 1. The predicted molar refractivity (Wildman–Crippen MR) is 82.6 cm³/mol. The lowest BCUT2D eigenvalue weighted by atomic mass is 10.1. The Morgan fingerprint density at radius 2 is 2.14 bits per heavy atom. The summed E-state index contributed by atoms with van der Waals surface area (Å²) >= 11 is 6.10. The van der Waals surface area contributed by atoms with Gasteiger partial charge in [-0.15, -0.1) is 0 Å². The normalized spacial score (nSPS) is 21.5. The number of amides is 2. The van der Waals surface area contributed by atoms with Gasteiger partial charge in [0.15, 0.2) is 0 Å². The van der Waals surface area contributed by atoms with E-state index in [-0.39, 0.29) is 17.7 Å². The molecule has 0 aromatic carbocycles. The molecule has 6 nitrogen and oxygen atoms in total. The van der Waals surface area contributed by atoms with E-state index in [0.717, 1.165) is 24.2 Å². The van der Waals surface area contributed by atoms with E-state index >= 15 is 0 Å². The van der Waals surface area contributed by atoms with Crippen LogP contribution in [0.4, 0.5) is 0 Å². The van der Waals surface area contributed by atoms with Gasteiger partial charge >= 0.3 is 0 Å². The van der Waals surface area contributed by atoms with Crippen molar-refractivity contribution in [3.63, 3.8) is 0 Å². The summed E-state index contributed by atoms with van der Waals surface area (Å²) in [6, 6.07) is 0.391. The molecule has 2 fully saturated rings. The number of nitrogens with one attached hydrogen (secondary N) is 1. The molecule has 0 radical (unpaired) electrons. The number of aromatic nitrogens is 2. The molecule has 1 aromatic rings. The Labute approximate surface area is 134 Å². The van der Waals surface area contributed by atoms with E-state index in [4.69, 9.17) is 11.6 Å². The van der Waals surface area contributed by atoms with Crippen LogP contribution in [-0.2, 0) is 16.1 Å². The molecule has 2 aliphatic rings. The maximum absolute atomic E-state index is 12.2. The lowest BCUT2D eigenvalue weighted by Crippen LogP contribution is -2.35. The van der Waals surface area contributed by atoms with E-state index in [9.17, 15) is 9.59 Å². The van der Waals surface area contributed by atoms with E-state index < -0.39 is 0 Å². The third-order valence-electron chi connectivity index (χ3n) is 4.43. The first-order valence-electron chi connectivity index (χ1n) is 7.74. The molecule has 0 unspecified atom stereocenters. The van der Waals surface area contributed by atoms with Crippen LogP contribution in [0.2, 0.25) is 5.02 Å². The molecule has 22 heavy (non-hydrogen) atoms. The molecule has 1 saturated carbocycles. The Balaban J connectivity index is 1.48. The van der Waals surface area contributed by atoms with Crippen molar-refractivity contribution in [2.45, 2.75) is 45.7 Å². The van der Waals surface area contributed by atoms with Gasteiger partial charge in [0.05, 0.1) is 28.9 Å². The first-order chi connectivity index (χ1) is 10.5. The number of likely N-dealkylation sites (tertiary alicyclic amines) is 1. The second-order valence-electron chi connectivity index (χ2n) is 6.18. The van der Waals surface area contributed by atoms with Crippen molar-refractivity contribution in [3.05, 3.63) is 16.4 Å². The second kappa shape index (κ2) is 5.91. The van der Waals surface area contributed by atoms with Gasteiger partial charge in [-0.1, -0.05) is 11.6 Å². The molecule has 1 aliphatic heterocycles. The third kappa shape index (κ3) is 2.97. The van der Waals surface area contributed by atoms with Gasteiger partial charge < -0.3 is 10.2 Å². The number of hydrogen-bond acceptors (Lipinski definition) is 3. The van der Waals surface area contributed by atoms with Gasteiger partial charge in [-0.25, -0.2) is 0 Å². The summed E-state index contributed by atoms with van der Waals surface area (Å²) < 4.78 is 1.80. The summed E-state index contributed by atoms with van der Waals surface area (Å²) in [5.74, 6) is -0.130. The fraction of sp³-hybridized carbons (Fsp3) is 0.667. The van der Waals surface area contributed by atoms with E-state index in [1.165, 1.54) is 0 Å². The van der Waals surface area contributed by atoms with Crippen LogP contribution in [0, 0.1) is 19.8 Å². The van der Waals surface area contributed by atoms with Crippen molar-refractivity contribution < 1.29 is 9.59 Å². The zero-order chi connectivity index (χ0) is 15.9. The van der Waals surface area contributed by atoms with Crippen LogP contribution in [0.5, 0.6) is 0 Å². The Hall–Kier alpha value is -1.56. The highest BCUT2D eigenvalue weighted by molar-refractivity contribution is 6.31. The highest BCUT2D eigenvalue weighted by atomic mass is 35.5. The molecule has 1 aromatic heterocycles. The lowest BCUT2D eigenvalue weighted by Gasteiger charge is -2.15. The van der Waals surface area contributed by atoms with Crippen molar-refractivity contribution in [3.8, 4) is 0 Å². The highest BCUT2D eigenvalue weighted by Crippen LogP contribution is 2.32. The SMILES string of the molecule is Cc1nn(CCNC(=O)[C@H]2CC(=O)N(C3CC3)C2)c(C)c1Cl. The molecular formula is C15H21ClN4O2. The maximum Gasteiger partial charge on any atom is 0.225 e. The average molecular weight is 325 g/mol. The standard InChI is InChI=1S/C15H21ClN4O2/c1-9-14(16)10(2)20(18-9)6-5-17-15(22)11-7-13(21)19(8-11)12-3-4-12/h11-12H,3-8H2,1-2H3,(H,17,22)/t11-/m0/s1. The van der Waals surface area contributed by atoms with Crippen LogP contribution in [0.15, 0.2) is 0 Å². The smallest absolute Gasteiger partial charge is 0.225 e. The number of aryl methyl sites for hydroxylation is 1. The predicted octanol–water partition coefficient (Wildman–Crippen LogP) is 1.28. The topological polar surface area (TPSA) is 67.2 Å². The average Bonchev–Trinajstić information content (AvgIpc) is 3.21. The molecule has 0 spiro atoms. The minimum absolute atomic E-state index is 0.0378. The fourth-order valence-corrected chi connectivity index (χ4v) is 3.10. The van der Waals surface area contributed by atoms with Gasteiger partial charge in [-0.2, -0.15) is 5.10 Å². The number of halogens is 1. The van der Waals surface area contributed by atoms with Crippen molar-refractivity contribution in [2.24, 2.45) is 5.92 Å². The van der Waals surface area contributed by atoms with Gasteiger partial charge in [0.25, 0.3) is 0 Å². The van der Waals surface area contributed by atoms with E-state index in [1.807, 2.05) is 18.7 Å². The molecule has 2 amide bonds. The zero-order valence-corrected chi connectivity index (χ0v) is 13.7. The van der Waals surface area contributed by atoms with Crippen molar-refractivity contribution in [1.29, 1.82) is 0 Å². The zero-order valence-electron chi connectivity index (χ0n) is 12.9. The molecular weight excluding hydrogens is 304 g/mol. The number of nitrogens with zero attached hydrogens (tertiary/aromatic N) is 3. The largest absolute Gasteiger partial charge is 0.354 e. The van der Waals surface area contributed by atoms with Crippen molar-refractivity contribution in [2.75, 3.05) is 13.1 Å². The Morgan fingerprint density at radius 1 is 1.41 bits per heavy atom. The van der Waals surface area contributed by atoms with Gasteiger partial charge in [0.1, 0.15) is 0 Å². The maximum atomic E-state index is 12.2. The quantitative estimate of drug-likeness (QED) is 0.887. The van der Waals surface area contributed by atoms with E-state index in [2.05, 4.69) is 10.4 Å². The summed E-state index contributed by atoms with van der Waals surface area (Å²) in [4.78, 5) is 25.9. The van der Waals surface area contributed by atoms with Crippen LogP contribution in [0.3, 0.4) is 0 Å². The highest BCUT2D eigenvalue weighted by Gasteiger charge is 2.41. The van der Waals surface area contributed by atoms with Gasteiger partial charge in [0, 0.05) is 25.6 Å². The van der Waals surface area contributed by atoms with Crippen molar-refractivity contribution >= 4 is 23.4 Å². The Morgan fingerprint density at radius 3 is 2.73 bits per heavy atom. The molecule has 3 rings (SSSR count). The number of rotatable bonds is 5. The van der Waals surface area contributed by atoms with Crippen LogP contribution in [0.1, 0.15) is 30.7 Å². The first kappa shape index (κ1) is 15.3. The molecule has 1 aliphatic carbocycles. The minimum atomic E-state index is -0.211. The van der Waals surface area contributed by atoms with E-state index in [0.29, 0.717) is 37.1 Å². The van der Waals surface area contributed by atoms with Crippen LogP contribution >= 0.6 is 11.6 Å². The molecule has 2 heterocycles. The van der Waals surface area contributed by atoms with Gasteiger partial charge in [0.2, 0.25) is 11.8 Å². The summed E-state index contributed by atoms with van der Waals surface area (Å²) in [6.45, 7) is 5.42. The Bertz CT molecular complexity index is 609. The third-order valence-corrected chi connectivity index (χ3v) is 4.98. The summed E-state index contributed by atoms with van der Waals surface area (Å²) in [7, 11) is 0. The van der Waals surface area contributed by atoms with Gasteiger partial charge in [-0.3, -0.25) is 14.3 Å². The molecule has 1 N–H and O–H groups in total. The molecule has 1 atom stereocenters. The number of carbonyl (C=O) groups excluding carboxylic acids is 2. The first-order valence-corrected chi connectivity index (χ1v) is 8.12. The Kier molecular flexibility index (Phi) is 4.12. The molecule has 0 bridgehead atoms. The lowest BCUT2D eigenvalue weighted by molar-refractivity contribution is -0.129.